The fourth-order valence-corrected chi connectivity index (χ4v) is 3.45. The van der Waals surface area contributed by atoms with E-state index in [4.69, 9.17) is 4.74 Å². The Balaban J connectivity index is 2.12. The zero-order valence-electron chi connectivity index (χ0n) is 10.7. The number of hydrogen-bond acceptors (Lipinski definition) is 3. The van der Waals surface area contributed by atoms with Crippen LogP contribution >= 0.6 is 0 Å². The van der Waals surface area contributed by atoms with Crippen LogP contribution in [-0.4, -0.2) is 23.9 Å². The highest BCUT2D eigenvalue weighted by Gasteiger charge is 2.52. The van der Waals surface area contributed by atoms with Crippen LogP contribution in [0, 0.1) is 22.7 Å². The minimum Gasteiger partial charge on any atom is -0.388 e. The van der Waals surface area contributed by atoms with Crippen molar-refractivity contribution in [3.8, 4) is 6.07 Å². The second-order valence-corrected chi connectivity index (χ2v) is 5.69. The molecule has 1 N–H and O–H groups in total. The molecule has 0 radical (unpaired) electrons. The topological polar surface area (TPSA) is 53.2 Å². The van der Waals surface area contributed by atoms with E-state index in [1.165, 1.54) is 6.42 Å². The molecule has 3 nitrogen and oxygen atoms in total. The molecule has 17 heavy (non-hydrogen) atoms. The van der Waals surface area contributed by atoms with Gasteiger partial charge in [-0.1, -0.05) is 13.3 Å². The molecule has 1 saturated carbocycles. The molecule has 0 unspecified atom stereocenters. The highest BCUT2D eigenvalue weighted by molar-refractivity contribution is 5.13. The van der Waals surface area contributed by atoms with Gasteiger partial charge in [-0.2, -0.15) is 5.26 Å². The molecule has 0 aromatic carbocycles. The Morgan fingerprint density at radius 3 is 2.29 bits per heavy atom. The van der Waals surface area contributed by atoms with Gasteiger partial charge in [-0.3, -0.25) is 0 Å². The van der Waals surface area contributed by atoms with Crippen molar-refractivity contribution in [3.63, 3.8) is 0 Å². The number of aliphatic hydroxyl groups is 1. The zero-order valence-corrected chi connectivity index (χ0v) is 10.7. The maximum atomic E-state index is 10.8. The Bertz CT molecular complexity index is 294. The van der Waals surface area contributed by atoms with Gasteiger partial charge in [0.25, 0.3) is 0 Å². The van der Waals surface area contributed by atoms with E-state index in [-0.39, 0.29) is 0 Å². The van der Waals surface area contributed by atoms with Crippen LogP contribution in [0.15, 0.2) is 0 Å². The summed E-state index contributed by atoms with van der Waals surface area (Å²) in [6.07, 6.45) is 6.34. The first-order chi connectivity index (χ1) is 8.16. The molecular weight excluding hydrogens is 214 g/mol. The SMILES string of the molecule is CCC1CCC(C#N)(C2(O)CCOCC2)CC1. The highest BCUT2D eigenvalue weighted by Crippen LogP contribution is 2.50. The monoisotopic (exact) mass is 237 g/mol. The number of hydrogen-bond donors (Lipinski definition) is 1. The van der Waals surface area contributed by atoms with Crippen LogP contribution in [0.25, 0.3) is 0 Å². The van der Waals surface area contributed by atoms with E-state index >= 15 is 0 Å². The van der Waals surface area contributed by atoms with Crippen LogP contribution in [0.2, 0.25) is 0 Å². The smallest absolute Gasteiger partial charge is 0.0877 e. The first kappa shape index (κ1) is 12.9. The maximum Gasteiger partial charge on any atom is 0.0877 e. The van der Waals surface area contributed by atoms with Gasteiger partial charge in [0, 0.05) is 26.1 Å². The third-order valence-corrected chi connectivity index (χ3v) is 4.96. The third kappa shape index (κ3) is 2.21. The van der Waals surface area contributed by atoms with Gasteiger partial charge in [-0.05, 0) is 31.6 Å². The molecule has 2 fully saturated rings. The van der Waals surface area contributed by atoms with Gasteiger partial charge >= 0.3 is 0 Å². The predicted octanol–water partition coefficient (Wildman–Crippen LogP) is 2.64. The predicted molar refractivity (Wildman–Crippen MR) is 65.3 cm³/mol. The molecule has 1 aliphatic heterocycles. The molecule has 2 rings (SSSR count). The Morgan fingerprint density at radius 2 is 1.82 bits per heavy atom. The average Bonchev–Trinajstić information content (AvgIpc) is 2.39. The summed E-state index contributed by atoms with van der Waals surface area (Å²) < 4.78 is 5.32. The van der Waals surface area contributed by atoms with Gasteiger partial charge in [0.1, 0.15) is 0 Å². The molecule has 0 aromatic rings. The summed E-state index contributed by atoms with van der Waals surface area (Å²) in [4.78, 5) is 0. The van der Waals surface area contributed by atoms with Crippen molar-refractivity contribution in [2.24, 2.45) is 11.3 Å². The lowest BCUT2D eigenvalue weighted by Crippen LogP contribution is -2.52. The van der Waals surface area contributed by atoms with Crippen LogP contribution in [0.4, 0.5) is 0 Å². The van der Waals surface area contributed by atoms with Gasteiger partial charge in [-0.15, -0.1) is 0 Å². The largest absolute Gasteiger partial charge is 0.388 e. The summed E-state index contributed by atoms with van der Waals surface area (Å²) in [6, 6.07) is 2.47. The summed E-state index contributed by atoms with van der Waals surface area (Å²) >= 11 is 0. The molecule has 1 heterocycles. The molecule has 2 aliphatic rings. The van der Waals surface area contributed by atoms with E-state index in [0.29, 0.717) is 26.1 Å². The lowest BCUT2D eigenvalue weighted by Gasteiger charge is -2.48. The van der Waals surface area contributed by atoms with Crippen molar-refractivity contribution in [1.82, 2.24) is 0 Å². The van der Waals surface area contributed by atoms with Gasteiger partial charge in [0.15, 0.2) is 0 Å². The summed E-state index contributed by atoms with van der Waals surface area (Å²) in [5.41, 5.74) is -1.32. The van der Waals surface area contributed by atoms with Crippen molar-refractivity contribution in [3.05, 3.63) is 0 Å². The van der Waals surface area contributed by atoms with Crippen molar-refractivity contribution >= 4 is 0 Å². The van der Waals surface area contributed by atoms with Crippen LogP contribution in [0.3, 0.4) is 0 Å². The van der Waals surface area contributed by atoms with E-state index in [1.807, 2.05) is 0 Å². The van der Waals surface area contributed by atoms with Crippen molar-refractivity contribution in [2.75, 3.05) is 13.2 Å². The lowest BCUT2D eigenvalue weighted by atomic mass is 9.59. The molecule has 0 aromatic heterocycles. The Morgan fingerprint density at radius 1 is 1.24 bits per heavy atom. The minimum atomic E-state index is -0.807. The molecule has 0 atom stereocenters. The molecule has 1 saturated heterocycles. The summed E-state index contributed by atoms with van der Waals surface area (Å²) in [6.45, 7) is 3.40. The molecule has 0 amide bonds. The van der Waals surface area contributed by atoms with Crippen molar-refractivity contribution < 1.29 is 9.84 Å². The van der Waals surface area contributed by atoms with Crippen LogP contribution in [0.5, 0.6) is 0 Å². The van der Waals surface area contributed by atoms with Crippen molar-refractivity contribution in [1.29, 1.82) is 5.26 Å². The van der Waals surface area contributed by atoms with Crippen LogP contribution in [0.1, 0.15) is 51.9 Å². The zero-order chi connectivity index (χ0) is 12.4. The van der Waals surface area contributed by atoms with Crippen LogP contribution in [-0.2, 0) is 4.74 Å². The first-order valence-electron chi connectivity index (χ1n) is 6.87. The highest BCUT2D eigenvalue weighted by atomic mass is 16.5. The Hall–Kier alpha value is -0.590. The maximum absolute atomic E-state index is 10.8. The second-order valence-electron chi connectivity index (χ2n) is 5.69. The van der Waals surface area contributed by atoms with E-state index in [2.05, 4.69) is 13.0 Å². The van der Waals surface area contributed by atoms with E-state index in [0.717, 1.165) is 31.6 Å². The van der Waals surface area contributed by atoms with Gasteiger partial charge < -0.3 is 9.84 Å². The Labute approximate surface area is 104 Å². The average molecular weight is 237 g/mol. The van der Waals surface area contributed by atoms with Gasteiger partial charge in [0.2, 0.25) is 0 Å². The third-order valence-electron chi connectivity index (χ3n) is 4.96. The van der Waals surface area contributed by atoms with Crippen molar-refractivity contribution in [2.45, 2.75) is 57.5 Å². The van der Waals surface area contributed by atoms with E-state index < -0.39 is 11.0 Å². The molecule has 96 valence electrons. The number of nitrogens with zero attached hydrogens (tertiary/aromatic N) is 1. The molecular formula is C14H23NO2. The minimum absolute atomic E-state index is 0.511. The molecule has 3 heteroatoms. The summed E-state index contributed by atoms with van der Waals surface area (Å²) in [5.74, 6) is 0.750. The number of rotatable bonds is 2. The van der Waals surface area contributed by atoms with Crippen LogP contribution < -0.4 is 0 Å². The Kier molecular flexibility index (Phi) is 3.75. The standard InChI is InChI=1S/C14H23NO2/c1-2-12-3-5-13(11-15,6-4-12)14(16)7-9-17-10-8-14/h12,16H,2-10H2,1H3. The fraction of sp³-hybridized carbons (Fsp3) is 0.929. The van der Waals surface area contributed by atoms with Gasteiger partial charge in [-0.25, -0.2) is 0 Å². The molecule has 0 bridgehead atoms. The lowest BCUT2D eigenvalue weighted by molar-refractivity contribution is -0.137. The van der Waals surface area contributed by atoms with E-state index in [9.17, 15) is 10.4 Å². The summed E-state index contributed by atoms with van der Waals surface area (Å²) in [5, 5.41) is 20.4. The molecule has 1 aliphatic carbocycles. The van der Waals surface area contributed by atoms with Gasteiger partial charge in [0.05, 0.1) is 17.1 Å². The second kappa shape index (κ2) is 4.96. The number of ether oxygens (including phenoxy) is 1. The fourth-order valence-electron chi connectivity index (χ4n) is 3.45. The van der Waals surface area contributed by atoms with E-state index in [1.54, 1.807) is 0 Å². The normalized spacial score (nSPS) is 37.4. The molecule has 0 spiro atoms. The quantitative estimate of drug-likeness (QED) is 0.803. The number of nitriles is 1. The summed E-state index contributed by atoms with van der Waals surface area (Å²) in [7, 11) is 0. The first-order valence-corrected chi connectivity index (χ1v) is 6.87.